The highest BCUT2D eigenvalue weighted by Gasteiger charge is 2.08. The van der Waals surface area contributed by atoms with Gasteiger partial charge < -0.3 is 10.4 Å². The molecular formula is C8H12N6O2S. The summed E-state index contributed by atoms with van der Waals surface area (Å²) in [6.45, 7) is 0.579. The first kappa shape index (κ1) is 13.4. The molecule has 1 aromatic heterocycles. The van der Waals surface area contributed by atoms with Crippen molar-refractivity contribution in [3.05, 3.63) is 0 Å². The van der Waals surface area contributed by atoms with Crippen LogP contribution in [0.1, 0.15) is 6.42 Å². The summed E-state index contributed by atoms with van der Waals surface area (Å²) in [7, 11) is 0. The molecule has 0 aliphatic rings. The number of thioether (sulfide) groups is 1. The summed E-state index contributed by atoms with van der Waals surface area (Å²) in [6.07, 6.45) is 0.290. The van der Waals surface area contributed by atoms with Crippen molar-refractivity contribution in [2.45, 2.75) is 18.1 Å². The van der Waals surface area contributed by atoms with Crippen LogP contribution in [0.3, 0.4) is 0 Å². The average Bonchev–Trinajstić information content (AvgIpc) is 2.75. The minimum atomic E-state index is -0.177. The second kappa shape index (κ2) is 7.59. The Morgan fingerprint density at radius 1 is 1.65 bits per heavy atom. The van der Waals surface area contributed by atoms with Gasteiger partial charge >= 0.3 is 0 Å². The average molecular weight is 256 g/mol. The first-order valence-electron chi connectivity index (χ1n) is 4.91. The number of carbonyl (C=O) groups is 1. The van der Waals surface area contributed by atoms with Gasteiger partial charge in [-0.1, -0.05) is 11.8 Å². The van der Waals surface area contributed by atoms with Crippen LogP contribution in [-0.2, 0) is 11.3 Å². The van der Waals surface area contributed by atoms with Crippen LogP contribution < -0.4 is 5.32 Å². The fraction of sp³-hybridized carbons (Fsp3) is 0.625. The van der Waals surface area contributed by atoms with Crippen molar-refractivity contribution < 1.29 is 9.90 Å². The molecule has 0 radical (unpaired) electrons. The number of nitrogens with one attached hydrogen (secondary N) is 1. The van der Waals surface area contributed by atoms with Gasteiger partial charge in [-0.25, -0.2) is 4.68 Å². The van der Waals surface area contributed by atoms with Crippen LogP contribution in [0.15, 0.2) is 5.16 Å². The lowest BCUT2D eigenvalue weighted by Gasteiger charge is -2.02. The van der Waals surface area contributed by atoms with Crippen molar-refractivity contribution in [3.63, 3.8) is 0 Å². The number of aliphatic hydroxyl groups excluding tert-OH is 1. The SMILES string of the molecule is N#CCCNC(=O)CSc1nnnn1CCO. The third kappa shape index (κ3) is 4.80. The van der Waals surface area contributed by atoms with Gasteiger partial charge in [-0.05, 0) is 10.4 Å². The molecule has 0 saturated heterocycles. The maximum Gasteiger partial charge on any atom is 0.230 e. The van der Waals surface area contributed by atoms with E-state index in [2.05, 4.69) is 20.8 Å². The van der Waals surface area contributed by atoms with Crippen LogP contribution in [0, 0.1) is 11.3 Å². The van der Waals surface area contributed by atoms with Crippen molar-refractivity contribution >= 4 is 17.7 Å². The van der Waals surface area contributed by atoms with Crippen molar-refractivity contribution in [1.29, 1.82) is 5.26 Å². The molecule has 0 bridgehead atoms. The second-order valence-corrected chi connectivity index (χ2v) is 3.90. The second-order valence-electron chi connectivity index (χ2n) is 2.95. The Hall–Kier alpha value is -1.66. The molecule has 1 rings (SSSR count). The number of hydrogen-bond donors (Lipinski definition) is 2. The maximum atomic E-state index is 11.3. The molecule has 0 aromatic carbocycles. The normalized spacial score (nSPS) is 9.88. The zero-order chi connectivity index (χ0) is 12.5. The number of tetrazole rings is 1. The van der Waals surface area contributed by atoms with E-state index >= 15 is 0 Å². The number of nitriles is 1. The largest absolute Gasteiger partial charge is 0.394 e. The molecule has 8 nitrogen and oxygen atoms in total. The predicted molar refractivity (Wildman–Crippen MR) is 58.9 cm³/mol. The van der Waals surface area contributed by atoms with E-state index in [0.717, 1.165) is 0 Å². The minimum absolute atomic E-state index is 0.0625. The van der Waals surface area contributed by atoms with Crippen molar-refractivity contribution in [1.82, 2.24) is 25.5 Å². The van der Waals surface area contributed by atoms with Crippen LogP contribution >= 0.6 is 11.8 Å². The molecule has 0 unspecified atom stereocenters. The number of nitrogens with zero attached hydrogens (tertiary/aromatic N) is 5. The number of amides is 1. The van der Waals surface area contributed by atoms with Gasteiger partial charge in [-0.2, -0.15) is 5.26 Å². The first-order valence-corrected chi connectivity index (χ1v) is 5.90. The molecule has 0 aliphatic carbocycles. The standard InChI is InChI=1S/C8H12N6O2S/c9-2-1-3-10-7(16)6-17-8-11-12-13-14(8)4-5-15/h15H,1,3-6H2,(H,10,16). The Morgan fingerprint density at radius 3 is 3.18 bits per heavy atom. The lowest BCUT2D eigenvalue weighted by atomic mass is 10.4. The summed E-state index contributed by atoms with van der Waals surface area (Å²) in [5.74, 6) is 0.000770. The Kier molecular flexibility index (Phi) is 5.98. The van der Waals surface area contributed by atoms with Crippen LogP contribution in [0.2, 0.25) is 0 Å². The van der Waals surface area contributed by atoms with Gasteiger partial charge in [0.2, 0.25) is 11.1 Å². The fourth-order valence-corrected chi connectivity index (χ4v) is 1.71. The summed E-state index contributed by atoms with van der Waals surface area (Å²) in [6, 6.07) is 1.93. The Balaban J connectivity index is 2.32. The van der Waals surface area contributed by atoms with Gasteiger partial charge in [0.15, 0.2) is 0 Å². The number of carbonyl (C=O) groups excluding carboxylic acids is 1. The van der Waals surface area contributed by atoms with Gasteiger partial charge in [0.05, 0.1) is 31.4 Å². The van der Waals surface area contributed by atoms with Crippen LogP contribution in [-0.4, -0.2) is 50.1 Å². The minimum Gasteiger partial charge on any atom is -0.394 e. The summed E-state index contributed by atoms with van der Waals surface area (Å²) >= 11 is 1.18. The molecule has 17 heavy (non-hydrogen) atoms. The monoisotopic (exact) mass is 256 g/mol. The fourth-order valence-electron chi connectivity index (χ4n) is 0.974. The lowest BCUT2D eigenvalue weighted by Crippen LogP contribution is -2.26. The van der Waals surface area contributed by atoms with Crippen molar-refractivity contribution in [2.24, 2.45) is 0 Å². The highest BCUT2D eigenvalue weighted by atomic mass is 32.2. The van der Waals surface area contributed by atoms with Crippen LogP contribution in [0.5, 0.6) is 0 Å². The number of aromatic nitrogens is 4. The molecule has 1 aromatic rings. The third-order valence-electron chi connectivity index (χ3n) is 1.70. The third-order valence-corrected chi connectivity index (χ3v) is 2.66. The first-order chi connectivity index (χ1) is 8.27. The molecular weight excluding hydrogens is 244 g/mol. The quantitative estimate of drug-likeness (QED) is 0.464. The topological polar surface area (TPSA) is 117 Å². The Labute approximate surface area is 102 Å². The molecule has 0 spiro atoms. The zero-order valence-corrected chi connectivity index (χ0v) is 9.85. The summed E-state index contributed by atoms with van der Waals surface area (Å²) in [4.78, 5) is 11.3. The smallest absolute Gasteiger partial charge is 0.230 e. The van der Waals surface area contributed by atoms with E-state index in [1.807, 2.05) is 6.07 Å². The van der Waals surface area contributed by atoms with E-state index < -0.39 is 0 Å². The molecule has 0 atom stereocenters. The van der Waals surface area contributed by atoms with E-state index in [4.69, 9.17) is 10.4 Å². The van der Waals surface area contributed by atoms with E-state index in [0.29, 0.717) is 24.7 Å². The Bertz CT molecular complexity index is 401. The van der Waals surface area contributed by atoms with Gasteiger partial charge in [0.1, 0.15) is 0 Å². The van der Waals surface area contributed by atoms with Gasteiger partial charge in [0, 0.05) is 6.54 Å². The van der Waals surface area contributed by atoms with Gasteiger partial charge in [-0.15, -0.1) is 5.10 Å². The zero-order valence-electron chi connectivity index (χ0n) is 9.04. The van der Waals surface area contributed by atoms with Crippen molar-refractivity contribution in [3.8, 4) is 6.07 Å². The molecule has 1 amide bonds. The molecule has 2 N–H and O–H groups in total. The van der Waals surface area contributed by atoms with Crippen LogP contribution in [0.4, 0.5) is 0 Å². The molecule has 0 saturated carbocycles. The van der Waals surface area contributed by atoms with Gasteiger partial charge in [-0.3, -0.25) is 4.79 Å². The molecule has 0 aliphatic heterocycles. The Morgan fingerprint density at radius 2 is 2.47 bits per heavy atom. The summed E-state index contributed by atoms with van der Waals surface area (Å²) in [5, 5.41) is 30.9. The lowest BCUT2D eigenvalue weighted by molar-refractivity contribution is -0.118. The van der Waals surface area contributed by atoms with E-state index in [-0.39, 0.29) is 18.3 Å². The summed E-state index contributed by atoms with van der Waals surface area (Å²) in [5.41, 5.74) is 0. The van der Waals surface area contributed by atoms with E-state index in [1.54, 1.807) is 0 Å². The number of hydrogen-bond acceptors (Lipinski definition) is 7. The van der Waals surface area contributed by atoms with E-state index in [9.17, 15) is 4.79 Å². The predicted octanol–water partition coefficient (Wildman–Crippen LogP) is -1.21. The molecule has 1 heterocycles. The van der Waals surface area contributed by atoms with Crippen molar-refractivity contribution in [2.75, 3.05) is 18.9 Å². The molecule has 0 fully saturated rings. The number of aliphatic hydroxyl groups is 1. The highest BCUT2D eigenvalue weighted by molar-refractivity contribution is 7.99. The summed E-state index contributed by atoms with van der Waals surface area (Å²) < 4.78 is 1.42. The van der Waals surface area contributed by atoms with Gasteiger partial charge in [0.25, 0.3) is 0 Å². The number of rotatable bonds is 7. The van der Waals surface area contributed by atoms with E-state index in [1.165, 1.54) is 16.4 Å². The van der Waals surface area contributed by atoms with Crippen LogP contribution in [0.25, 0.3) is 0 Å². The maximum absolute atomic E-state index is 11.3. The highest BCUT2D eigenvalue weighted by Crippen LogP contribution is 2.12. The molecule has 9 heteroatoms. The molecule has 92 valence electrons.